The van der Waals surface area contributed by atoms with Crippen LogP contribution in [0.4, 0.5) is 5.69 Å². The minimum absolute atomic E-state index is 0.107. The molecule has 0 radical (unpaired) electrons. The number of aryl methyl sites for hydroxylation is 1. The predicted molar refractivity (Wildman–Crippen MR) is 141 cm³/mol. The summed E-state index contributed by atoms with van der Waals surface area (Å²) in [7, 11) is 0. The Bertz CT molecular complexity index is 1330. The summed E-state index contributed by atoms with van der Waals surface area (Å²) < 4.78 is 0. The van der Waals surface area contributed by atoms with Crippen LogP contribution in [0.25, 0.3) is 0 Å². The van der Waals surface area contributed by atoms with Gasteiger partial charge in [-0.15, -0.1) is 0 Å². The highest BCUT2D eigenvalue weighted by Crippen LogP contribution is 2.42. The standard InChI is InChI=1S/C27H21Cl2N3O2S/c1-17-7-11-21(12-8-17)32-26(34)24(13-19-9-10-20(28)14-23(19)29)35-27(32)22(15-30)25(33)31-16-18-5-3-2-4-6-18/h2-12,14,24H,13,16H2,1H3,(H,31,33)/b27-22-. The molecule has 2 amide bonds. The van der Waals surface area contributed by atoms with Crippen LogP contribution in [0.1, 0.15) is 16.7 Å². The molecule has 35 heavy (non-hydrogen) atoms. The number of nitriles is 1. The van der Waals surface area contributed by atoms with Crippen molar-refractivity contribution in [1.82, 2.24) is 5.32 Å². The normalized spacial score (nSPS) is 16.7. The van der Waals surface area contributed by atoms with Gasteiger partial charge in [0.05, 0.1) is 5.25 Å². The van der Waals surface area contributed by atoms with Gasteiger partial charge in [-0.3, -0.25) is 14.5 Å². The zero-order valence-electron chi connectivity index (χ0n) is 18.8. The molecule has 1 fully saturated rings. The third-order valence-corrected chi connectivity index (χ3v) is 7.36. The van der Waals surface area contributed by atoms with Gasteiger partial charge in [-0.2, -0.15) is 5.26 Å². The molecule has 0 spiro atoms. The smallest absolute Gasteiger partial charge is 0.264 e. The number of nitrogens with zero attached hydrogens (tertiary/aromatic N) is 2. The molecule has 1 atom stereocenters. The second kappa shape index (κ2) is 11.0. The fraction of sp³-hybridized carbons (Fsp3) is 0.148. The Morgan fingerprint density at radius 3 is 2.46 bits per heavy atom. The SMILES string of the molecule is Cc1ccc(N2C(=O)C(Cc3ccc(Cl)cc3Cl)S/C2=C(/C#N)C(=O)NCc2ccccc2)cc1. The summed E-state index contributed by atoms with van der Waals surface area (Å²) in [4.78, 5) is 28.1. The van der Waals surface area contributed by atoms with Crippen LogP contribution in [-0.4, -0.2) is 17.1 Å². The van der Waals surface area contributed by atoms with E-state index in [0.29, 0.717) is 27.2 Å². The lowest BCUT2D eigenvalue weighted by molar-refractivity contribution is -0.117. The molecule has 1 aliphatic rings. The number of anilines is 1. The Kier molecular flexibility index (Phi) is 7.82. The molecule has 1 aliphatic heterocycles. The first-order valence-electron chi connectivity index (χ1n) is 10.8. The first-order chi connectivity index (χ1) is 16.9. The van der Waals surface area contributed by atoms with Gasteiger partial charge in [0.15, 0.2) is 0 Å². The highest BCUT2D eigenvalue weighted by atomic mass is 35.5. The molecule has 0 aliphatic carbocycles. The van der Waals surface area contributed by atoms with Gasteiger partial charge in [0.2, 0.25) is 5.91 Å². The lowest BCUT2D eigenvalue weighted by atomic mass is 10.1. The van der Waals surface area contributed by atoms with Crippen molar-refractivity contribution >= 4 is 52.5 Å². The summed E-state index contributed by atoms with van der Waals surface area (Å²) in [5.74, 6) is -0.752. The molecule has 0 saturated carbocycles. The third kappa shape index (κ3) is 5.71. The second-order valence-electron chi connectivity index (χ2n) is 8.02. The largest absolute Gasteiger partial charge is 0.347 e. The molecular weight excluding hydrogens is 501 g/mol. The van der Waals surface area contributed by atoms with Crippen LogP contribution in [0.15, 0.2) is 83.4 Å². The molecule has 176 valence electrons. The number of halogens is 2. The summed E-state index contributed by atoms with van der Waals surface area (Å²) in [5.41, 5.74) is 3.19. The third-order valence-electron chi connectivity index (χ3n) is 5.51. The Morgan fingerprint density at radius 2 is 1.80 bits per heavy atom. The lowest BCUT2D eigenvalue weighted by Gasteiger charge is -2.19. The van der Waals surface area contributed by atoms with Crippen LogP contribution in [0, 0.1) is 18.3 Å². The molecule has 8 heteroatoms. The number of thioether (sulfide) groups is 1. The minimum atomic E-state index is -0.560. The van der Waals surface area contributed by atoms with Gasteiger partial charge >= 0.3 is 0 Å². The summed E-state index contributed by atoms with van der Waals surface area (Å²) >= 11 is 13.6. The van der Waals surface area contributed by atoms with Crippen LogP contribution < -0.4 is 10.2 Å². The topological polar surface area (TPSA) is 73.2 Å². The van der Waals surface area contributed by atoms with E-state index < -0.39 is 11.2 Å². The number of amides is 2. The molecule has 3 aromatic rings. The van der Waals surface area contributed by atoms with Gasteiger partial charge in [-0.05, 0) is 48.7 Å². The lowest BCUT2D eigenvalue weighted by Crippen LogP contribution is -2.32. The zero-order chi connectivity index (χ0) is 24.9. The first-order valence-corrected chi connectivity index (χ1v) is 12.5. The average molecular weight is 522 g/mol. The van der Waals surface area contributed by atoms with Gasteiger partial charge < -0.3 is 5.32 Å². The summed E-state index contributed by atoms with van der Waals surface area (Å²) in [6.07, 6.45) is 0.329. The molecule has 1 unspecified atom stereocenters. The molecule has 1 N–H and O–H groups in total. The van der Waals surface area contributed by atoms with Gasteiger partial charge in [-0.1, -0.05) is 89.1 Å². The molecule has 0 bridgehead atoms. The van der Waals surface area contributed by atoms with E-state index in [1.54, 1.807) is 18.2 Å². The Labute approximate surface area is 218 Å². The summed E-state index contributed by atoms with van der Waals surface area (Å²) in [5, 5.41) is 13.5. The van der Waals surface area contributed by atoms with Crippen molar-refractivity contribution in [2.24, 2.45) is 0 Å². The maximum Gasteiger partial charge on any atom is 0.264 e. The summed E-state index contributed by atoms with van der Waals surface area (Å²) in [6, 6.07) is 24.0. The van der Waals surface area contributed by atoms with E-state index in [9.17, 15) is 14.9 Å². The van der Waals surface area contributed by atoms with Crippen molar-refractivity contribution in [1.29, 1.82) is 5.26 Å². The second-order valence-corrected chi connectivity index (χ2v) is 10.1. The van der Waals surface area contributed by atoms with Crippen LogP contribution in [0.2, 0.25) is 10.0 Å². The van der Waals surface area contributed by atoms with E-state index in [2.05, 4.69) is 5.32 Å². The minimum Gasteiger partial charge on any atom is -0.347 e. The van der Waals surface area contributed by atoms with E-state index in [4.69, 9.17) is 23.2 Å². The Hall–Kier alpha value is -3.24. The van der Waals surface area contributed by atoms with Gasteiger partial charge in [0.25, 0.3) is 5.91 Å². The number of hydrogen-bond donors (Lipinski definition) is 1. The molecule has 1 heterocycles. The first kappa shape index (κ1) is 24.9. The maximum absolute atomic E-state index is 13.6. The fourth-order valence-corrected chi connectivity index (χ4v) is 5.45. The van der Waals surface area contributed by atoms with E-state index in [1.165, 1.54) is 16.7 Å². The van der Waals surface area contributed by atoms with Gasteiger partial charge in [0, 0.05) is 22.3 Å². The van der Waals surface area contributed by atoms with Crippen LogP contribution in [0.5, 0.6) is 0 Å². The van der Waals surface area contributed by atoms with Crippen molar-refractivity contribution in [3.8, 4) is 6.07 Å². The number of carbonyl (C=O) groups excluding carboxylic acids is 2. The van der Waals surface area contributed by atoms with Crippen LogP contribution >= 0.6 is 35.0 Å². The highest BCUT2D eigenvalue weighted by molar-refractivity contribution is 8.05. The molecule has 0 aromatic heterocycles. The molecule has 1 saturated heterocycles. The van der Waals surface area contributed by atoms with E-state index in [0.717, 1.165) is 16.7 Å². The quantitative estimate of drug-likeness (QED) is 0.316. The van der Waals surface area contributed by atoms with E-state index in [1.807, 2.05) is 67.6 Å². The van der Waals surface area contributed by atoms with Crippen molar-refractivity contribution in [2.45, 2.75) is 25.1 Å². The monoisotopic (exact) mass is 521 g/mol. The number of rotatable bonds is 6. The van der Waals surface area contributed by atoms with Gasteiger partial charge in [0.1, 0.15) is 16.7 Å². The number of nitrogens with one attached hydrogen (secondary N) is 1. The van der Waals surface area contributed by atoms with Crippen molar-refractivity contribution in [3.05, 3.63) is 110 Å². The van der Waals surface area contributed by atoms with Crippen LogP contribution in [-0.2, 0) is 22.6 Å². The van der Waals surface area contributed by atoms with Gasteiger partial charge in [-0.25, -0.2) is 0 Å². The Balaban J connectivity index is 1.68. The van der Waals surface area contributed by atoms with Crippen LogP contribution in [0.3, 0.4) is 0 Å². The number of benzene rings is 3. The Morgan fingerprint density at radius 1 is 1.09 bits per heavy atom. The molecular formula is C27H21Cl2N3O2S. The number of hydrogen-bond acceptors (Lipinski definition) is 4. The maximum atomic E-state index is 13.6. The highest BCUT2D eigenvalue weighted by Gasteiger charge is 2.41. The molecule has 5 nitrogen and oxygen atoms in total. The predicted octanol–water partition coefficient (Wildman–Crippen LogP) is 6.04. The average Bonchev–Trinajstić information content (AvgIpc) is 3.16. The van der Waals surface area contributed by atoms with E-state index >= 15 is 0 Å². The van der Waals surface area contributed by atoms with Crippen molar-refractivity contribution in [3.63, 3.8) is 0 Å². The van der Waals surface area contributed by atoms with E-state index in [-0.39, 0.29) is 18.0 Å². The molecule has 4 rings (SSSR count). The molecule has 3 aromatic carbocycles. The fourth-order valence-electron chi connectivity index (χ4n) is 3.67. The van der Waals surface area contributed by atoms with Crippen molar-refractivity contribution in [2.75, 3.05) is 4.90 Å². The zero-order valence-corrected chi connectivity index (χ0v) is 21.1. The number of carbonyl (C=O) groups is 2. The van der Waals surface area contributed by atoms with Crippen molar-refractivity contribution < 1.29 is 9.59 Å². The summed E-state index contributed by atoms with van der Waals surface area (Å²) in [6.45, 7) is 2.22.